The van der Waals surface area contributed by atoms with E-state index in [0.717, 1.165) is 32.6 Å². The summed E-state index contributed by atoms with van der Waals surface area (Å²) in [6.45, 7) is 15.9. The average Bonchev–Trinajstić information content (AvgIpc) is 2.64. The van der Waals surface area contributed by atoms with E-state index in [1.54, 1.807) is 0 Å². The van der Waals surface area contributed by atoms with E-state index >= 15 is 0 Å². The van der Waals surface area contributed by atoms with Gasteiger partial charge >= 0.3 is 0 Å². The highest BCUT2D eigenvalue weighted by Crippen LogP contribution is 2.08. The van der Waals surface area contributed by atoms with Gasteiger partial charge in [0.25, 0.3) is 0 Å². The van der Waals surface area contributed by atoms with E-state index in [-0.39, 0.29) is 42.0 Å². The van der Waals surface area contributed by atoms with E-state index in [9.17, 15) is 4.79 Å². The number of halogens is 1. The number of carbonyl (C=O) groups excluding carboxylic acids is 1. The highest BCUT2D eigenvalue weighted by Gasteiger charge is 2.17. The molecule has 7 heteroatoms. The number of amides is 1. The van der Waals surface area contributed by atoms with Crippen LogP contribution in [0, 0.1) is 0 Å². The predicted molar refractivity (Wildman–Crippen MR) is 134 cm³/mol. The van der Waals surface area contributed by atoms with Gasteiger partial charge in [-0.2, -0.15) is 0 Å². The Bertz CT molecular complexity index is 597. The molecule has 1 amide bonds. The number of carbonyl (C=O) groups is 1. The first-order valence-electron chi connectivity index (χ1n) is 10.4. The standard InChI is InChI=1S/C22H39N5O.HI/c1-7-23-21(25-17-20(28)26-22(4,5)6)24-16-19(27(8-2)9-3)15-18-13-11-10-12-14-18;/h10-14,19H,7-9,15-17H2,1-6H3,(H,26,28)(H2,23,24,25);1H. The molecule has 1 aromatic carbocycles. The van der Waals surface area contributed by atoms with Gasteiger partial charge in [-0.05, 0) is 52.8 Å². The van der Waals surface area contributed by atoms with Crippen LogP contribution in [0.4, 0.5) is 0 Å². The zero-order chi connectivity index (χ0) is 21.0. The summed E-state index contributed by atoms with van der Waals surface area (Å²) in [5.41, 5.74) is 1.08. The highest BCUT2D eigenvalue weighted by molar-refractivity contribution is 14.0. The van der Waals surface area contributed by atoms with Crippen LogP contribution >= 0.6 is 24.0 Å². The monoisotopic (exact) mass is 517 g/mol. The number of nitrogens with zero attached hydrogens (tertiary/aromatic N) is 2. The Morgan fingerprint density at radius 3 is 2.21 bits per heavy atom. The third kappa shape index (κ3) is 12.1. The molecule has 0 aromatic heterocycles. The minimum Gasteiger partial charge on any atom is -0.357 e. The number of rotatable bonds is 10. The van der Waals surface area contributed by atoms with Gasteiger partial charge < -0.3 is 16.0 Å². The third-order valence-electron chi connectivity index (χ3n) is 4.39. The van der Waals surface area contributed by atoms with Gasteiger partial charge in [0.05, 0.1) is 0 Å². The molecule has 1 unspecified atom stereocenters. The van der Waals surface area contributed by atoms with Gasteiger partial charge in [0, 0.05) is 24.7 Å². The smallest absolute Gasteiger partial charge is 0.242 e. The number of guanidine groups is 1. The molecule has 0 heterocycles. The van der Waals surface area contributed by atoms with Crippen molar-refractivity contribution in [3.63, 3.8) is 0 Å². The van der Waals surface area contributed by atoms with Gasteiger partial charge in [-0.3, -0.25) is 9.69 Å². The molecule has 0 spiro atoms. The zero-order valence-corrected chi connectivity index (χ0v) is 21.2. The quantitative estimate of drug-likeness (QED) is 0.254. The van der Waals surface area contributed by atoms with Crippen LogP contribution in [0.25, 0.3) is 0 Å². The van der Waals surface area contributed by atoms with Crippen molar-refractivity contribution in [2.45, 2.75) is 59.5 Å². The topological polar surface area (TPSA) is 68.8 Å². The van der Waals surface area contributed by atoms with Crippen LogP contribution in [-0.2, 0) is 11.2 Å². The van der Waals surface area contributed by atoms with Crippen molar-refractivity contribution in [3.05, 3.63) is 35.9 Å². The van der Waals surface area contributed by atoms with Crippen molar-refractivity contribution < 1.29 is 4.79 Å². The molecular weight excluding hydrogens is 477 g/mol. The number of aliphatic imine (C=N–C) groups is 1. The molecule has 0 aliphatic heterocycles. The van der Waals surface area contributed by atoms with E-state index < -0.39 is 0 Å². The summed E-state index contributed by atoms with van der Waals surface area (Å²) in [6, 6.07) is 10.9. The van der Waals surface area contributed by atoms with Gasteiger partial charge in [0.1, 0.15) is 6.54 Å². The molecule has 29 heavy (non-hydrogen) atoms. The maximum atomic E-state index is 12.1. The van der Waals surface area contributed by atoms with Crippen LogP contribution in [0.1, 0.15) is 47.1 Å². The molecule has 0 aliphatic carbocycles. The molecule has 0 aliphatic rings. The number of hydrogen-bond donors (Lipinski definition) is 3. The second kappa shape index (κ2) is 14.6. The Labute approximate surface area is 194 Å². The van der Waals surface area contributed by atoms with E-state index in [2.05, 4.69) is 64.0 Å². The fraction of sp³-hybridized carbons (Fsp3) is 0.636. The Balaban J connectivity index is 0.00000784. The number of benzene rings is 1. The maximum Gasteiger partial charge on any atom is 0.242 e. The normalized spacial score (nSPS) is 12.9. The first-order valence-corrected chi connectivity index (χ1v) is 10.4. The number of likely N-dealkylation sites (N-methyl/N-ethyl adjacent to an activating group) is 1. The Hall–Kier alpha value is -1.35. The van der Waals surface area contributed by atoms with Crippen molar-refractivity contribution in [1.29, 1.82) is 0 Å². The largest absolute Gasteiger partial charge is 0.357 e. The lowest BCUT2D eigenvalue weighted by Crippen LogP contribution is -2.48. The highest BCUT2D eigenvalue weighted by atomic mass is 127. The second-order valence-corrected chi connectivity index (χ2v) is 7.94. The summed E-state index contributed by atoms with van der Waals surface area (Å²) < 4.78 is 0. The molecule has 166 valence electrons. The Morgan fingerprint density at radius 2 is 1.69 bits per heavy atom. The summed E-state index contributed by atoms with van der Waals surface area (Å²) in [7, 11) is 0. The minimum atomic E-state index is -0.248. The van der Waals surface area contributed by atoms with Crippen LogP contribution in [-0.4, -0.2) is 61.1 Å². The molecule has 1 aromatic rings. The van der Waals surface area contributed by atoms with Crippen LogP contribution in [0.15, 0.2) is 35.3 Å². The Kier molecular flexibility index (Phi) is 13.9. The summed E-state index contributed by atoms with van der Waals surface area (Å²) in [5, 5.41) is 9.60. The van der Waals surface area contributed by atoms with Crippen LogP contribution in [0.2, 0.25) is 0 Å². The molecule has 0 radical (unpaired) electrons. The van der Waals surface area contributed by atoms with Crippen molar-refractivity contribution in [1.82, 2.24) is 20.9 Å². The van der Waals surface area contributed by atoms with Crippen molar-refractivity contribution >= 4 is 35.8 Å². The lowest BCUT2D eigenvalue weighted by atomic mass is 10.0. The van der Waals surface area contributed by atoms with Gasteiger partial charge in [0.15, 0.2) is 5.96 Å². The predicted octanol–water partition coefficient (Wildman–Crippen LogP) is 3.03. The number of nitrogens with one attached hydrogen (secondary N) is 3. The van der Waals surface area contributed by atoms with Crippen LogP contribution < -0.4 is 16.0 Å². The first kappa shape index (κ1) is 27.6. The maximum absolute atomic E-state index is 12.1. The van der Waals surface area contributed by atoms with E-state index in [4.69, 9.17) is 0 Å². The van der Waals surface area contributed by atoms with Gasteiger partial charge in [0.2, 0.25) is 5.91 Å². The fourth-order valence-corrected chi connectivity index (χ4v) is 3.12. The molecule has 1 rings (SSSR count). The molecule has 0 bridgehead atoms. The number of hydrogen-bond acceptors (Lipinski definition) is 3. The molecule has 0 saturated carbocycles. The van der Waals surface area contributed by atoms with E-state index in [1.807, 2.05) is 33.8 Å². The second-order valence-electron chi connectivity index (χ2n) is 7.94. The van der Waals surface area contributed by atoms with E-state index in [1.165, 1.54) is 5.56 Å². The van der Waals surface area contributed by atoms with Crippen molar-refractivity contribution in [2.75, 3.05) is 32.7 Å². The van der Waals surface area contributed by atoms with Gasteiger partial charge in [-0.15, -0.1) is 24.0 Å². The lowest BCUT2D eigenvalue weighted by Gasteiger charge is -2.30. The minimum absolute atomic E-state index is 0. The lowest BCUT2D eigenvalue weighted by molar-refractivity contribution is -0.121. The van der Waals surface area contributed by atoms with Crippen LogP contribution in [0.5, 0.6) is 0 Å². The molecule has 3 N–H and O–H groups in total. The first-order chi connectivity index (χ1) is 13.3. The molecular formula is C22H40IN5O. The molecule has 0 saturated heterocycles. The zero-order valence-electron chi connectivity index (χ0n) is 18.9. The SMILES string of the molecule is CCNC(=NCC(=O)NC(C)(C)C)NCC(Cc1ccccc1)N(CC)CC.I. The summed E-state index contributed by atoms with van der Waals surface area (Å²) >= 11 is 0. The van der Waals surface area contributed by atoms with Crippen LogP contribution in [0.3, 0.4) is 0 Å². The summed E-state index contributed by atoms with van der Waals surface area (Å²) in [5.74, 6) is 0.603. The molecule has 0 fully saturated rings. The van der Waals surface area contributed by atoms with Crippen molar-refractivity contribution in [2.24, 2.45) is 4.99 Å². The fourth-order valence-electron chi connectivity index (χ4n) is 3.12. The van der Waals surface area contributed by atoms with E-state index in [0.29, 0.717) is 12.0 Å². The molecule has 1 atom stereocenters. The average molecular weight is 518 g/mol. The summed E-state index contributed by atoms with van der Waals surface area (Å²) in [4.78, 5) is 19.0. The summed E-state index contributed by atoms with van der Waals surface area (Å²) in [6.07, 6.45) is 0.972. The van der Waals surface area contributed by atoms with Gasteiger partial charge in [-0.1, -0.05) is 44.2 Å². The van der Waals surface area contributed by atoms with Crippen molar-refractivity contribution in [3.8, 4) is 0 Å². The Morgan fingerprint density at radius 1 is 1.07 bits per heavy atom. The molecule has 6 nitrogen and oxygen atoms in total. The third-order valence-corrected chi connectivity index (χ3v) is 4.39. The van der Waals surface area contributed by atoms with Gasteiger partial charge in [-0.25, -0.2) is 4.99 Å².